The number of aromatic nitrogens is 1. The summed E-state index contributed by atoms with van der Waals surface area (Å²) in [5.74, 6) is -1.37. The van der Waals surface area contributed by atoms with Crippen LogP contribution < -0.4 is 10.6 Å². The highest BCUT2D eigenvalue weighted by Crippen LogP contribution is 2.26. The molecule has 1 atom stereocenters. The molecule has 1 aliphatic carbocycles. The number of thiophene rings is 1. The number of esters is 1. The normalized spacial score (nSPS) is 14.7. The standard InChI is InChI=1S/C15H15N3O4S2/c1-8(12(19)18-15(21)16-10-2-3-10)22-14(20)11-7-24-13(17-11)9-4-5-23-6-9/h4-8,10H,2-3H2,1H3,(H2,16,18,19,21)/t8-/m1/s1. The van der Waals surface area contributed by atoms with Crippen LogP contribution in [0.15, 0.2) is 22.2 Å². The van der Waals surface area contributed by atoms with Crippen molar-refractivity contribution in [2.75, 3.05) is 0 Å². The monoisotopic (exact) mass is 365 g/mol. The Morgan fingerprint density at radius 2 is 2.12 bits per heavy atom. The van der Waals surface area contributed by atoms with Crippen molar-refractivity contribution in [1.82, 2.24) is 15.6 Å². The molecule has 3 amide bonds. The minimum Gasteiger partial charge on any atom is -0.448 e. The van der Waals surface area contributed by atoms with Crippen molar-refractivity contribution in [2.45, 2.75) is 31.9 Å². The lowest BCUT2D eigenvalue weighted by Crippen LogP contribution is -2.45. The van der Waals surface area contributed by atoms with Crippen molar-refractivity contribution >= 4 is 40.6 Å². The van der Waals surface area contributed by atoms with Crippen molar-refractivity contribution in [3.05, 3.63) is 27.9 Å². The number of nitrogens with zero attached hydrogens (tertiary/aromatic N) is 1. The number of imide groups is 1. The Labute approximate surface area is 146 Å². The van der Waals surface area contributed by atoms with E-state index in [-0.39, 0.29) is 11.7 Å². The number of amides is 3. The van der Waals surface area contributed by atoms with Crippen molar-refractivity contribution in [3.63, 3.8) is 0 Å². The quantitative estimate of drug-likeness (QED) is 0.793. The van der Waals surface area contributed by atoms with Crippen molar-refractivity contribution < 1.29 is 19.1 Å². The maximum Gasteiger partial charge on any atom is 0.358 e. The molecule has 9 heteroatoms. The molecule has 0 unspecified atom stereocenters. The van der Waals surface area contributed by atoms with Gasteiger partial charge in [0.25, 0.3) is 5.91 Å². The van der Waals surface area contributed by atoms with Gasteiger partial charge in [-0.05, 0) is 31.2 Å². The second kappa shape index (κ2) is 7.10. The fraction of sp³-hybridized carbons (Fsp3) is 0.333. The first-order valence-electron chi connectivity index (χ1n) is 7.33. The van der Waals surface area contributed by atoms with Gasteiger partial charge in [-0.15, -0.1) is 11.3 Å². The summed E-state index contributed by atoms with van der Waals surface area (Å²) in [6.07, 6.45) is 0.749. The molecule has 7 nitrogen and oxygen atoms in total. The minimum absolute atomic E-state index is 0.140. The average Bonchev–Trinajstić information content (AvgIpc) is 3.05. The number of carbonyl (C=O) groups excluding carboxylic acids is 3. The Morgan fingerprint density at radius 3 is 2.79 bits per heavy atom. The van der Waals surface area contributed by atoms with Gasteiger partial charge in [0.2, 0.25) is 0 Å². The Balaban J connectivity index is 1.53. The van der Waals surface area contributed by atoms with Gasteiger partial charge in [0.15, 0.2) is 11.8 Å². The molecule has 0 aliphatic heterocycles. The van der Waals surface area contributed by atoms with E-state index < -0.39 is 24.0 Å². The highest BCUT2D eigenvalue weighted by atomic mass is 32.1. The number of carbonyl (C=O) groups is 3. The Bertz CT molecular complexity index is 753. The van der Waals surface area contributed by atoms with E-state index >= 15 is 0 Å². The van der Waals surface area contributed by atoms with Gasteiger partial charge in [0, 0.05) is 22.4 Å². The molecule has 2 heterocycles. The Kier molecular flexibility index (Phi) is 4.91. The molecule has 2 aromatic rings. The van der Waals surface area contributed by atoms with Crippen LogP contribution in [0, 0.1) is 0 Å². The highest BCUT2D eigenvalue weighted by Gasteiger charge is 2.26. The maximum absolute atomic E-state index is 12.1. The number of thiazole rings is 1. The van der Waals surface area contributed by atoms with Crippen LogP contribution in [0.5, 0.6) is 0 Å². The van der Waals surface area contributed by atoms with Crippen molar-refractivity contribution in [2.24, 2.45) is 0 Å². The van der Waals surface area contributed by atoms with Gasteiger partial charge in [-0.3, -0.25) is 10.1 Å². The van der Waals surface area contributed by atoms with Crippen molar-refractivity contribution in [1.29, 1.82) is 0 Å². The lowest BCUT2D eigenvalue weighted by molar-refractivity contribution is -0.127. The van der Waals surface area contributed by atoms with Crippen LogP contribution >= 0.6 is 22.7 Å². The van der Waals surface area contributed by atoms with Crippen molar-refractivity contribution in [3.8, 4) is 10.6 Å². The lowest BCUT2D eigenvalue weighted by atomic mass is 10.3. The Morgan fingerprint density at radius 1 is 1.33 bits per heavy atom. The van der Waals surface area contributed by atoms with E-state index in [1.165, 1.54) is 18.3 Å². The molecule has 0 saturated heterocycles. The number of urea groups is 1. The molecule has 0 bridgehead atoms. The predicted octanol–water partition coefficient (Wildman–Crippen LogP) is 2.41. The Hall–Kier alpha value is -2.26. The zero-order valence-corrected chi connectivity index (χ0v) is 14.4. The first kappa shape index (κ1) is 16.6. The summed E-state index contributed by atoms with van der Waals surface area (Å²) in [5, 5.41) is 10.9. The van der Waals surface area contributed by atoms with Crippen LogP contribution in [0.25, 0.3) is 10.6 Å². The zero-order chi connectivity index (χ0) is 17.1. The SMILES string of the molecule is C[C@@H](OC(=O)c1csc(-c2ccsc2)n1)C(=O)NC(=O)NC1CC1. The van der Waals surface area contributed by atoms with E-state index in [0.717, 1.165) is 18.4 Å². The van der Waals surface area contributed by atoms with Gasteiger partial charge in [0.1, 0.15) is 5.01 Å². The third kappa shape index (κ3) is 4.18. The predicted molar refractivity (Wildman–Crippen MR) is 90.0 cm³/mol. The first-order chi connectivity index (χ1) is 11.5. The van der Waals surface area contributed by atoms with E-state index in [4.69, 9.17) is 4.74 Å². The van der Waals surface area contributed by atoms with E-state index in [0.29, 0.717) is 5.01 Å². The molecular weight excluding hydrogens is 350 g/mol. The van der Waals surface area contributed by atoms with Crippen LogP contribution in [0.4, 0.5) is 4.79 Å². The number of nitrogens with one attached hydrogen (secondary N) is 2. The molecule has 0 aromatic carbocycles. The molecule has 0 radical (unpaired) electrons. The summed E-state index contributed by atoms with van der Waals surface area (Å²) in [6.45, 7) is 1.41. The number of hydrogen-bond acceptors (Lipinski definition) is 7. The number of ether oxygens (including phenoxy) is 1. The zero-order valence-electron chi connectivity index (χ0n) is 12.8. The average molecular weight is 365 g/mol. The molecule has 126 valence electrons. The van der Waals surface area contributed by atoms with E-state index in [9.17, 15) is 14.4 Å². The van der Waals surface area contributed by atoms with E-state index in [1.54, 1.807) is 16.7 Å². The highest BCUT2D eigenvalue weighted by molar-refractivity contribution is 7.14. The molecule has 2 aromatic heterocycles. The fourth-order valence-corrected chi connectivity index (χ4v) is 3.32. The van der Waals surface area contributed by atoms with E-state index in [1.807, 2.05) is 16.8 Å². The van der Waals surface area contributed by atoms with Gasteiger partial charge in [-0.1, -0.05) is 0 Å². The largest absolute Gasteiger partial charge is 0.448 e. The summed E-state index contributed by atoms with van der Waals surface area (Å²) in [5.41, 5.74) is 1.08. The van der Waals surface area contributed by atoms with Crippen LogP contribution in [0.2, 0.25) is 0 Å². The third-order valence-electron chi connectivity index (χ3n) is 3.28. The summed E-state index contributed by atoms with van der Waals surface area (Å²) >= 11 is 2.87. The molecule has 24 heavy (non-hydrogen) atoms. The minimum atomic E-state index is -1.09. The molecule has 1 fully saturated rings. The first-order valence-corrected chi connectivity index (χ1v) is 9.15. The van der Waals surface area contributed by atoms with Crippen LogP contribution in [0.3, 0.4) is 0 Å². The molecule has 2 N–H and O–H groups in total. The maximum atomic E-state index is 12.1. The topological polar surface area (TPSA) is 97.4 Å². The van der Waals surface area contributed by atoms with E-state index in [2.05, 4.69) is 15.6 Å². The second-order valence-electron chi connectivity index (χ2n) is 5.33. The number of rotatable bonds is 5. The van der Waals surface area contributed by atoms with Crippen LogP contribution in [0.1, 0.15) is 30.3 Å². The van der Waals surface area contributed by atoms with Crippen LogP contribution in [-0.4, -0.2) is 35.0 Å². The summed E-state index contributed by atoms with van der Waals surface area (Å²) in [4.78, 5) is 39.6. The number of hydrogen-bond donors (Lipinski definition) is 2. The molecule has 1 aliphatic rings. The molecular formula is C15H15N3O4S2. The molecule has 3 rings (SSSR count). The molecule has 1 saturated carbocycles. The van der Waals surface area contributed by atoms with Gasteiger partial charge in [-0.2, -0.15) is 11.3 Å². The molecule has 0 spiro atoms. The van der Waals surface area contributed by atoms with Gasteiger partial charge >= 0.3 is 12.0 Å². The third-order valence-corrected chi connectivity index (χ3v) is 4.86. The van der Waals surface area contributed by atoms with Crippen LogP contribution in [-0.2, 0) is 9.53 Å². The summed E-state index contributed by atoms with van der Waals surface area (Å²) in [6, 6.07) is 1.48. The fourth-order valence-electron chi connectivity index (χ4n) is 1.82. The second-order valence-corrected chi connectivity index (χ2v) is 6.97. The summed E-state index contributed by atoms with van der Waals surface area (Å²) < 4.78 is 5.07. The van der Waals surface area contributed by atoms with Gasteiger partial charge in [0.05, 0.1) is 0 Å². The lowest BCUT2D eigenvalue weighted by Gasteiger charge is -2.12. The summed E-state index contributed by atoms with van der Waals surface area (Å²) in [7, 11) is 0. The van der Waals surface area contributed by atoms with Gasteiger partial charge in [-0.25, -0.2) is 14.6 Å². The smallest absolute Gasteiger partial charge is 0.358 e. The van der Waals surface area contributed by atoms with Gasteiger partial charge < -0.3 is 10.1 Å².